The molecule has 0 aliphatic carbocycles. The number of ether oxygens (including phenoxy) is 1. The Morgan fingerprint density at radius 1 is 1.54 bits per heavy atom. The number of terminal acetylenes is 1. The van der Waals surface area contributed by atoms with E-state index in [-0.39, 0.29) is 0 Å². The topological polar surface area (TPSA) is 22.1 Å². The molecule has 0 aromatic carbocycles. The average Bonchev–Trinajstić information content (AvgIpc) is 2.15. The highest BCUT2D eigenvalue weighted by Gasteiger charge is 1.93. The van der Waals surface area contributed by atoms with Crippen LogP contribution in [0.2, 0.25) is 5.15 Å². The highest BCUT2D eigenvalue weighted by Crippen LogP contribution is 2.06. The average molecular weight is 196 g/mol. The summed E-state index contributed by atoms with van der Waals surface area (Å²) in [5.41, 5.74) is 1.00. The molecule has 0 atom stereocenters. The van der Waals surface area contributed by atoms with E-state index >= 15 is 0 Å². The molecule has 0 amide bonds. The van der Waals surface area contributed by atoms with Crippen LogP contribution in [0.1, 0.15) is 12.0 Å². The molecule has 0 bridgehead atoms. The van der Waals surface area contributed by atoms with Crippen molar-refractivity contribution in [1.29, 1.82) is 0 Å². The number of aromatic nitrogens is 1. The smallest absolute Gasteiger partial charge is 0.129 e. The largest absolute Gasteiger partial charge is 0.376 e. The third-order valence-electron chi connectivity index (χ3n) is 1.45. The summed E-state index contributed by atoms with van der Waals surface area (Å²) < 4.78 is 5.27. The van der Waals surface area contributed by atoms with Gasteiger partial charge in [0.05, 0.1) is 13.2 Å². The molecule has 0 saturated heterocycles. The Hall–Kier alpha value is -1.04. The van der Waals surface area contributed by atoms with E-state index in [1.807, 2.05) is 6.07 Å². The maximum atomic E-state index is 5.62. The van der Waals surface area contributed by atoms with Gasteiger partial charge in [-0.15, -0.1) is 12.3 Å². The Morgan fingerprint density at radius 2 is 2.38 bits per heavy atom. The fourth-order valence-electron chi connectivity index (χ4n) is 0.813. The molecule has 0 aliphatic heterocycles. The van der Waals surface area contributed by atoms with Crippen molar-refractivity contribution in [1.82, 2.24) is 4.98 Å². The Kier molecular flexibility index (Phi) is 4.31. The van der Waals surface area contributed by atoms with E-state index in [0.29, 0.717) is 24.8 Å². The van der Waals surface area contributed by atoms with Crippen LogP contribution in [0.3, 0.4) is 0 Å². The van der Waals surface area contributed by atoms with Crippen molar-refractivity contribution in [3.05, 3.63) is 29.0 Å². The molecule has 0 unspecified atom stereocenters. The molecule has 1 heterocycles. The summed E-state index contributed by atoms with van der Waals surface area (Å²) >= 11 is 5.62. The second-order valence-corrected chi connectivity index (χ2v) is 2.88. The van der Waals surface area contributed by atoms with Gasteiger partial charge < -0.3 is 4.74 Å². The summed E-state index contributed by atoms with van der Waals surface area (Å²) in [6, 6.07) is 3.62. The summed E-state index contributed by atoms with van der Waals surface area (Å²) in [5, 5.41) is 0.493. The van der Waals surface area contributed by atoms with Crippen molar-refractivity contribution in [3.8, 4) is 12.3 Å². The monoisotopic (exact) mass is 195 g/mol. The van der Waals surface area contributed by atoms with Crippen LogP contribution in [0.4, 0.5) is 0 Å². The van der Waals surface area contributed by atoms with E-state index < -0.39 is 0 Å². The zero-order chi connectivity index (χ0) is 9.52. The number of nitrogens with zero attached hydrogens (tertiary/aromatic N) is 1. The van der Waals surface area contributed by atoms with Crippen LogP contribution < -0.4 is 0 Å². The Bertz CT molecular complexity index is 289. The van der Waals surface area contributed by atoms with Crippen LogP contribution in [0.25, 0.3) is 0 Å². The first-order valence-electron chi connectivity index (χ1n) is 3.94. The van der Waals surface area contributed by atoms with Crippen molar-refractivity contribution in [2.24, 2.45) is 0 Å². The fraction of sp³-hybridized carbons (Fsp3) is 0.300. The van der Waals surface area contributed by atoms with Gasteiger partial charge in [0.2, 0.25) is 0 Å². The molecule has 3 heteroatoms. The van der Waals surface area contributed by atoms with Gasteiger partial charge in [0.15, 0.2) is 0 Å². The van der Waals surface area contributed by atoms with Crippen LogP contribution >= 0.6 is 11.6 Å². The molecule has 0 radical (unpaired) electrons. The van der Waals surface area contributed by atoms with Crippen LogP contribution in [-0.2, 0) is 11.3 Å². The van der Waals surface area contributed by atoms with Crippen molar-refractivity contribution < 1.29 is 4.74 Å². The maximum Gasteiger partial charge on any atom is 0.129 e. The van der Waals surface area contributed by atoms with Gasteiger partial charge >= 0.3 is 0 Å². The fourth-order valence-corrected chi connectivity index (χ4v) is 0.925. The van der Waals surface area contributed by atoms with Crippen LogP contribution in [0.5, 0.6) is 0 Å². The third kappa shape index (κ3) is 3.93. The molecule has 68 valence electrons. The minimum Gasteiger partial charge on any atom is -0.376 e. The molecular weight excluding hydrogens is 186 g/mol. The van der Waals surface area contributed by atoms with E-state index in [0.717, 1.165) is 5.56 Å². The Balaban J connectivity index is 2.30. The second kappa shape index (κ2) is 5.58. The SMILES string of the molecule is C#CCCOCc1ccc(Cl)nc1. The van der Waals surface area contributed by atoms with Gasteiger partial charge in [-0.25, -0.2) is 4.98 Å². The number of pyridine rings is 1. The molecule has 0 fully saturated rings. The number of rotatable bonds is 4. The standard InChI is InChI=1S/C10H10ClNO/c1-2-3-6-13-8-9-4-5-10(11)12-7-9/h1,4-5,7H,3,6,8H2. The van der Waals surface area contributed by atoms with Gasteiger partial charge in [-0.3, -0.25) is 0 Å². The minimum atomic E-state index is 0.493. The lowest BCUT2D eigenvalue weighted by Crippen LogP contribution is -1.94. The quantitative estimate of drug-likeness (QED) is 0.418. The molecule has 13 heavy (non-hydrogen) atoms. The normalized spacial score (nSPS) is 9.54. The summed E-state index contributed by atoms with van der Waals surface area (Å²) in [6.45, 7) is 1.12. The van der Waals surface area contributed by atoms with E-state index in [2.05, 4.69) is 10.9 Å². The van der Waals surface area contributed by atoms with Crippen LogP contribution in [-0.4, -0.2) is 11.6 Å². The van der Waals surface area contributed by atoms with Crippen molar-refractivity contribution in [2.45, 2.75) is 13.0 Å². The number of hydrogen-bond acceptors (Lipinski definition) is 2. The predicted octanol–water partition coefficient (Wildman–Crippen LogP) is 2.27. The number of halogens is 1. The summed E-state index contributed by atoms with van der Waals surface area (Å²) in [4.78, 5) is 3.92. The highest BCUT2D eigenvalue weighted by atomic mass is 35.5. The molecule has 2 nitrogen and oxygen atoms in total. The van der Waals surface area contributed by atoms with Crippen LogP contribution in [0.15, 0.2) is 18.3 Å². The summed E-state index contributed by atoms with van der Waals surface area (Å²) in [7, 11) is 0. The Labute approximate surface area is 82.9 Å². The minimum absolute atomic E-state index is 0.493. The van der Waals surface area contributed by atoms with E-state index in [1.165, 1.54) is 0 Å². The molecule has 1 rings (SSSR count). The zero-order valence-corrected chi connectivity index (χ0v) is 7.92. The van der Waals surface area contributed by atoms with Crippen molar-refractivity contribution in [3.63, 3.8) is 0 Å². The molecule has 0 aliphatic rings. The predicted molar refractivity (Wildman–Crippen MR) is 52.4 cm³/mol. The van der Waals surface area contributed by atoms with Gasteiger partial charge in [-0.2, -0.15) is 0 Å². The van der Waals surface area contributed by atoms with E-state index in [9.17, 15) is 0 Å². The Morgan fingerprint density at radius 3 is 3.00 bits per heavy atom. The van der Waals surface area contributed by atoms with Crippen LogP contribution in [0, 0.1) is 12.3 Å². The van der Waals surface area contributed by atoms with Crippen molar-refractivity contribution >= 4 is 11.6 Å². The maximum absolute atomic E-state index is 5.62. The first kappa shape index (κ1) is 10.0. The van der Waals surface area contributed by atoms with E-state index in [4.69, 9.17) is 22.8 Å². The summed E-state index contributed by atoms with van der Waals surface area (Å²) in [5.74, 6) is 2.50. The van der Waals surface area contributed by atoms with Gasteiger partial charge in [-0.1, -0.05) is 17.7 Å². The molecule has 0 N–H and O–H groups in total. The van der Waals surface area contributed by atoms with E-state index in [1.54, 1.807) is 12.3 Å². The lowest BCUT2D eigenvalue weighted by atomic mass is 10.3. The second-order valence-electron chi connectivity index (χ2n) is 2.50. The lowest BCUT2D eigenvalue weighted by molar-refractivity contribution is 0.126. The third-order valence-corrected chi connectivity index (χ3v) is 1.67. The molecule has 1 aromatic rings. The summed E-state index contributed by atoms with van der Waals surface area (Å²) in [6.07, 6.45) is 7.40. The molecular formula is C10H10ClNO. The van der Waals surface area contributed by atoms with Gasteiger partial charge in [0.1, 0.15) is 5.15 Å². The molecule has 0 spiro atoms. The van der Waals surface area contributed by atoms with Gasteiger partial charge in [-0.05, 0) is 11.6 Å². The van der Waals surface area contributed by atoms with Crippen molar-refractivity contribution in [2.75, 3.05) is 6.61 Å². The molecule has 0 saturated carbocycles. The van der Waals surface area contributed by atoms with Gasteiger partial charge in [0.25, 0.3) is 0 Å². The zero-order valence-electron chi connectivity index (χ0n) is 7.16. The first-order valence-corrected chi connectivity index (χ1v) is 4.32. The molecule has 1 aromatic heterocycles. The first-order chi connectivity index (χ1) is 6.33. The lowest BCUT2D eigenvalue weighted by Gasteiger charge is -2.01. The number of hydrogen-bond donors (Lipinski definition) is 0. The van der Waals surface area contributed by atoms with Gasteiger partial charge in [0, 0.05) is 12.6 Å². The highest BCUT2D eigenvalue weighted by molar-refractivity contribution is 6.29.